The quantitative estimate of drug-likeness (QED) is 0.330. The van der Waals surface area contributed by atoms with E-state index in [2.05, 4.69) is 21.2 Å². The molecular weight excluding hydrogens is 463 g/mol. The number of carbonyl (C=O) groups excluding carboxylic acids is 1. The molecule has 0 spiro atoms. The zero-order valence-corrected chi connectivity index (χ0v) is 17.7. The summed E-state index contributed by atoms with van der Waals surface area (Å²) < 4.78 is 6.68. The van der Waals surface area contributed by atoms with Crippen LogP contribution in [0.2, 0.25) is 10.0 Å². The Morgan fingerprint density at radius 3 is 2.61 bits per heavy atom. The van der Waals surface area contributed by atoms with Gasteiger partial charge in [-0.15, -0.1) is 0 Å². The molecule has 2 aromatic carbocycles. The molecule has 3 aromatic rings. The summed E-state index contributed by atoms with van der Waals surface area (Å²) in [5.41, 5.74) is 2.33. The summed E-state index contributed by atoms with van der Waals surface area (Å²) in [7, 11) is 0. The Morgan fingerprint density at radius 2 is 1.93 bits per heavy atom. The lowest BCUT2D eigenvalue weighted by Gasteiger charge is -2.05. The van der Waals surface area contributed by atoms with Gasteiger partial charge in [-0.2, -0.15) is 5.26 Å². The highest BCUT2D eigenvalue weighted by molar-refractivity contribution is 9.10. The van der Waals surface area contributed by atoms with E-state index in [1.54, 1.807) is 24.3 Å². The van der Waals surface area contributed by atoms with Gasteiger partial charge in [0.15, 0.2) is 0 Å². The minimum Gasteiger partial charge on any atom is -0.457 e. The number of amides is 1. The van der Waals surface area contributed by atoms with Crippen LogP contribution in [-0.2, 0) is 4.79 Å². The van der Waals surface area contributed by atoms with Gasteiger partial charge in [0.05, 0.1) is 10.0 Å². The molecule has 0 fully saturated rings. The fourth-order valence-corrected chi connectivity index (χ4v) is 3.45. The highest BCUT2D eigenvalue weighted by atomic mass is 79.9. The topological polar surface area (TPSA) is 66.0 Å². The Balaban J connectivity index is 1.82. The zero-order chi connectivity index (χ0) is 20.3. The number of rotatable bonds is 4. The number of benzene rings is 2. The molecule has 140 valence electrons. The standard InChI is InChI=1S/C21H13BrCl2N2O2/c1-12-2-5-16(17(22)8-12)20-7-4-15(28-20)9-13(11-25)21(27)26-14-3-6-18(23)19(24)10-14/h2-10H,1H3,(H,26,27)/b13-9+. The number of nitriles is 1. The number of halogens is 3. The molecule has 3 rings (SSSR count). The second-order valence-electron chi connectivity index (χ2n) is 5.94. The van der Waals surface area contributed by atoms with Crippen LogP contribution in [0.15, 0.2) is 63.0 Å². The van der Waals surface area contributed by atoms with E-state index in [4.69, 9.17) is 27.6 Å². The van der Waals surface area contributed by atoms with Gasteiger partial charge >= 0.3 is 0 Å². The molecule has 7 heteroatoms. The average molecular weight is 476 g/mol. The average Bonchev–Trinajstić information content (AvgIpc) is 3.11. The van der Waals surface area contributed by atoms with Crippen molar-refractivity contribution in [1.29, 1.82) is 5.26 Å². The Hall–Kier alpha value is -2.52. The van der Waals surface area contributed by atoms with Crippen LogP contribution < -0.4 is 5.32 Å². The van der Waals surface area contributed by atoms with Crippen LogP contribution in [-0.4, -0.2) is 5.91 Å². The molecule has 0 radical (unpaired) electrons. The number of carbonyl (C=O) groups is 1. The van der Waals surface area contributed by atoms with E-state index in [0.717, 1.165) is 15.6 Å². The van der Waals surface area contributed by atoms with Gasteiger partial charge in [-0.3, -0.25) is 4.79 Å². The molecule has 1 heterocycles. The van der Waals surface area contributed by atoms with Gasteiger partial charge in [0, 0.05) is 21.8 Å². The van der Waals surface area contributed by atoms with E-state index < -0.39 is 5.91 Å². The Labute approximate surface area is 180 Å². The summed E-state index contributed by atoms with van der Waals surface area (Å²) in [5, 5.41) is 12.7. The predicted molar refractivity (Wildman–Crippen MR) is 115 cm³/mol. The lowest BCUT2D eigenvalue weighted by molar-refractivity contribution is -0.112. The van der Waals surface area contributed by atoms with Crippen molar-refractivity contribution in [1.82, 2.24) is 0 Å². The second-order valence-corrected chi connectivity index (χ2v) is 7.61. The number of anilines is 1. The molecule has 1 amide bonds. The number of hydrogen-bond donors (Lipinski definition) is 1. The maximum absolute atomic E-state index is 12.4. The minimum absolute atomic E-state index is 0.102. The first-order chi connectivity index (χ1) is 13.4. The zero-order valence-electron chi connectivity index (χ0n) is 14.6. The van der Waals surface area contributed by atoms with Gasteiger partial charge < -0.3 is 9.73 Å². The van der Waals surface area contributed by atoms with E-state index >= 15 is 0 Å². The van der Waals surface area contributed by atoms with E-state index in [9.17, 15) is 10.1 Å². The molecule has 0 aliphatic heterocycles. The molecule has 28 heavy (non-hydrogen) atoms. The molecule has 0 unspecified atom stereocenters. The molecule has 0 aliphatic rings. The van der Waals surface area contributed by atoms with Crippen molar-refractivity contribution in [2.75, 3.05) is 5.32 Å². The second kappa shape index (κ2) is 8.66. The fourth-order valence-electron chi connectivity index (χ4n) is 2.46. The molecule has 1 N–H and O–H groups in total. The molecule has 0 bridgehead atoms. The molecule has 0 aliphatic carbocycles. The number of furan rings is 1. The Morgan fingerprint density at radius 1 is 1.14 bits per heavy atom. The number of hydrogen-bond acceptors (Lipinski definition) is 3. The van der Waals surface area contributed by atoms with Crippen LogP contribution in [0.25, 0.3) is 17.4 Å². The van der Waals surface area contributed by atoms with Crippen molar-refractivity contribution in [3.05, 3.63) is 79.9 Å². The van der Waals surface area contributed by atoms with E-state index in [1.807, 2.05) is 31.2 Å². The van der Waals surface area contributed by atoms with Crippen LogP contribution in [0.1, 0.15) is 11.3 Å². The number of aryl methyl sites for hydroxylation is 1. The van der Waals surface area contributed by atoms with Crippen LogP contribution >= 0.6 is 39.1 Å². The lowest BCUT2D eigenvalue weighted by atomic mass is 10.1. The van der Waals surface area contributed by atoms with Gasteiger partial charge in [-0.25, -0.2) is 0 Å². The summed E-state index contributed by atoms with van der Waals surface area (Å²) in [4.78, 5) is 12.4. The Kier molecular flexibility index (Phi) is 6.25. The predicted octanol–water partition coefficient (Wildman–Crippen LogP) is 6.87. The maximum atomic E-state index is 12.4. The number of nitrogens with zero attached hydrogens (tertiary/aromatic N) is 1. The minimum atomic E-state index is -0.574. The van der Waals surface area contributed by atoms with Crippen LogP contribution in [0.4, 0.5) is 5.69 Å². The van der Waals surface area contributed by atoms with Crippen molar-refractivity contribution >= 4 is 56.8 Å². The summed E-state index contributed by atoms with van der Waals surface area (Å²) in [6.45, 7) is 2.00. The summed E-state index contributed by atoms with van der Waals surface area (Å²) in [6.07, 6.45) is 1.39. The largest absolute Gasteiger partial charge is 0.457 e. The highest BCUT2D eigenvalue weighted by Gasteiger charge is 2.13. The molecule has 0 saturated carbocycles. The van der Waals surface area contributed by atoms with Crippen molar-refractivity contribution in [3.63, 3.8) is 0 Å². The molecule has 0 saturated heterocycles. The SMILES string of the molecule is Cc1ccc(-c2ccc(/C=C(\C#N)C(=O)Nc3ccc(Cl)c(Cl)c3)o2)c(Br)c1. The smallest absolute Gasteiger partial charge is 0.266 e. The van der Waals surface area contributed by atoms with Crippen LogP contribution in [0, 0.1) is 18.3 Å². The summed E-state index contributed by atoms with van der Waals surface area (Å²) in [6, 6.07) is 15.9. The molecule has 0 atom stereocenters. The van der Waals surface area contributed by atoms with E-state index in [0.29, 0.717) is 27.3 Å². The number of nitrogens with one attached hydrogen (secondary N) is 1. The summed E-state index contributed by atoms with van der Waals surface area (Å²) in [5.74, 6) is 0.443. The third-order valence-corrected chi connectivity index (χ3v) is 5.24. The van der Waals surface area contributed by atoms with Gasteiger partial charge in [0.25, 0.3) is 5.91 Å². The van der Waals surface area contributed by atoms with Gasteiger partial charge in [0.2, 0.25) is 0 Å². The van der Waals surface area contributed by atoms with Gasteiger partial charge in [0.1, 0.15) is 23.2 Å². The van der Waals surface area contributed by atoms with Gasteiger partial charge in [-0.05, 0) is 55.0 Å². The first kappa shape index (κ1) is 20.2. The van der Waals surface area contributed by atoms with Crippen molar-refractivity contribution < 1.29 is 9.21 Å². The van der Waals surface area contributed by atoms with Crippen molar-refractivity contribution in [2.24, 2.45) is 0 Å². The monoisotopic (exact) mass is 474 g/mol. The highest BCUT2D eigenvalue weighted by Crippen LogP contribution is 2.31. The van der Waals surface area contributed by atoms with Gasteiger partial charge in [-0.1, -0.05) is 45.2 Å². The fraction of sp³-hybridized carbons (Fsp3) is 0.0476. The third-order valence-electron chi connectivity index (χ3n) is 3.85. The molecule has 1 aromatic heterocycles. The van der Waals surface area contributed by atoms with Crippen LogP contribution in [0.5, 0.6) is 0 Å². The maximum Gasteiger partial charge on any atom is 0.266 e. The lowest BCUT2D eigenvalue weighted by Crippen LogP contribution is -2.13. The van der Waals surface area contributed by atoms with E-state index in [-0.39, 0.29) is 5.57 Å². The van der Waals surface area contributed by atoms with Crippen molar-refractivity contribution in [3.8, 4) is 17.4 Å². The van der Waals surface area contributed by atoms with Crippen LogP contribution in [0.3, 0.4) is 0 Å². The van der Waals surface area contributed by atoms with E-state index in [1.165, 1.54) is 12.1 Å². The normalized spacial score (nSPS) is 11.2. The first-order valence-corrected chi connectivity index (χ1v) is 9.67. The first-order valence-electron chi connectivity index (χ1n) is 8.12. The van der Waals surface area contributed by atoms with Crippen molar-refractivity contribution in [2.45, 2.75) is 6.92 Å². The molecule has 4 nitrogen and oxygen atoms in total. The molecular formula is C21H13BrCl2N2O2. The summed E-state index contributed by atoms with van der Waals surface area (Å²) >= 11 is 15.3. The Bertz CT molecular complexity index is 1130. The third kappa shape index (κ3) is 4.66.